The molecule has 2 atom stereocenters. The van der Waals surface area contributed by atoms with Gasteiger partial charge in [-0.1, -0.05) is 26.7 Å². The van der Waals surface area contributed by atoms with Gasteiger partial charge in [-0.3, -0.25) is 4.79 Å². The minimum Gasteiger partial charge on any atom is -0.481 e. The third kappa shape index (κ3) is 5.13. The van der Waals surface area contributed by atoms with Crippen molar-refractivity contribution in [2.24, 2.45) is 5.92 Å². The summed E-state index contributed by atoms with van der Waals surface area (Å²) in [6.45, 7) is 3.97. The van der Waals surface area contributed by atoms with E-state index in [9.17, 15) is 9.90 Å². The molecule has 0 radical (unpaired) electrons. The number of carboxylic acids is 1. The highest BCUT2D eigenvalue weighted by Gasteiger charge is 2.16. The summed E-state index contributed by atoms with van der Waals surface area (Å²) >= 11 is 0. The minimum atomic E-state index is -0.925. The molecule has 0 fully saturated rings. The number of aliphatic carboxylic acids is 1. The molecule has 12 heavy (non-hydrogen) atoms. The maximum Gasteiger partial charge on any atom is 0.305 e. The predicted octanol–water partition coefficient (Wildman–Crippen LogP) is 1.65. The monoisotopic (exact) mass is 174 g/mol. The highest BCUT2D eigenvalue weighted by atomic mass is 16.4. The second-order valence-electron chi connectivity index (χ2n) is 3.28. The molecule has 0 spiro atoms. The third-order valence-electron chi connectivity index (χ3n) is 2.05. The van der Waals surface area contributed by atoms with Gasteiger partial charge in [0.05, 0.1) is 12.5 Å². The smallest absolute Gasteiger partial charge is 0.305 e. The van der Waals surface area contributed by atoms with Crippen LogP contribution in [0.2, 0.25) is 0 Å². The number of hydrogen-bond donors (Lipinski definition) is 2. The van der Waals surface area contributed by atoms with Crippen molar-refractivity contribution in [3.63, 3.8) is 0 Å². The lowest BCUT2D eigenvalue weighted by atomic mass is 9.96. The molecule has 2 N–H and O–H groups in total. The first-order valence-corrected chi connectivity index (χ1v) is 4.47. The molecule has 0 amide bonds. The van der Waals surface area contributed by atoms with Crippen LogP contribution in [0.3, 0.4) is 0 Å². The Morgan fingerprint density at radius 2 is 2.08 bits per heavy atom. The van der Waals surface area contributed by atoms with Gasteiger partial charge in [-0.25, -0.2) is 0 Å². The highest BCUT2D eigenvalue weighted by molar-refractivity contribution is 5.67. The predicted molar refractivity (Wildman–Crippen MR) is 46.9 cm³/mol. The molecule has 0 aliphatic carbocycles. The highest BCUT2D eigenvalue weighted by Crippen LogP contribution is 2.14. The fraction of sp³-hybridized carbons (Fsp3) is 0.889. The molecule has 0 aliphatic heterocycles. The summed E-state index contributed by atoms with van der Waals surface area (Å²) in [5.74, 6) is -0.827. The first-order valence-electron chi connectivity index (χ1n) is 4.47. The number of aliphatic hydroxyl groups is 1. The van der Waals surface area contributed by atoms with Crippen LogP contribution < -0.4 is 0 Å². The lowest BCUT2D eigenvalue weighted by molar-refractivity contribution is -0.139. The molecule has 3 heteroatoms. The quantitative estimate of drug-likeness (QED) is 0.643. The molecular formula is C9H18O3. The summed E-state index contributed by atoms with van der Waals surface area (Å²) in [5, 5.41) is 17.7. The molecule has 0 bridgehead atoms. The molecule has 0 aromatic rings. The van der Waals surface area contributed by atoms with Crippen LogP contribution in [0.1, 0.15) is 39.5 Å². The van der Waals surface area contributed by atoms with Crippen LogP contribution in [0.5, 0.6) is 0 Å². The molecular weight excluding hydrogens is 156 g/mol. The molecule has 0 unspecified atom stereocenters. The molecule has 0 heterocycles. The SMILES string of the molecule is CCCC[C@@H](C)[C@H](O)CC(=O)O. The van der Waals surface area contributed by atoms with Gasteiger partial charge in [-0.05, 0) is 12.3 Å². The molecule has 0 saturated carbocycles. The van der Waals surface area contributed by atoms with Gasteiger partial charge in [0.25, 0.3) is 0 Å². The van der Waals surface area contributed by atoms with Crippen LogP contribution >= 0.6 is 0 Å². The van der Waals surface area contributed by atoms with Crippen molar-refractivity contribution in [2.75, 3.05) is 0 Å². The summed E-state index contributed by atoms with van der Waals surface area (Å²) in [6.07, 6.45) is 2.23. The zero-order chi connectivity index (χ0) is 9.56. The summed E-state index contributed by atoms with van der Waals surface area (Å²) in [4.78, 5) is 10.2. The van der Waals surface area contributed by atoms with Crippen LogP contribution in [0.25, 0.3) is 0 Å². The van der Waals surface area contributed by atoms with Gasteiger partial charge < -0.3 is 10.2 Å². The first kappa shape index (κ1) is 11.4. The Kier molecular flexibility index (Phi) is 5.72. The van der Waals surface area contributed by atoms with E-state index in [-0.39, 0.29) is 12.3 Å². The van der Waals surface area contributed by atoms with Gasteiger partial charge >= 0.3 is 5.97 Å². The average molecular weight is 174 g/mol. The van der Waals surface area contributed by atoms with Crippen LogP contribution in [0.4, 0.5) is 0 Å². The molecule has 0 aromatic carbocycles. The first-order chi connectivity index (χ1) is 5.57. The second kappa shape index (κ2) is 6.00. The topological polar surface area (TPSA) is 57.5 Å². The average Bonchev–Trinajstić information content (AvgIpc) is 1.98. The van der Waals surface area contributed by atoms with E-state index in [1.807, 2.05) is 6.92 Å². The maximum atomic E-state index is 10.2. The summed E-state index contributed by atoms with van der Waals surface area (Å²) in [7, 11) is 0. The van der Waals surface area contributed by atoms with Crippen molar-refractivity contribution in [1.29, 1.82) is 0 Å². The van der Waals surface area contributed by atoms with E-state index < -0.39 is 12.1 Å². The van der Waals surface area contributed by atoms with Gasteiger partial charge in [0.1, 0.15) is 0 Å². The van der Waals surface area contributed by atoms with Crippen molar-refractivity contribution in [3.05, 3.63) is 0 Å². The number of unbranched alkanes of at least 4 members (excludes halogenated alkanes) is 1. The van der Waals surface area contributed by atoms with Gasteiger partial charge in [-0.15, -0.1) is 0 Å². The minimum absolute atomic E-state index is 0.0982. The molecule has 0 aliphatic rings. The second-order valence-corrected chi connectivity index (χ2v) is 3.28. The van der Waals surface area contributed by atoms with Crippen molar-refractivity contribution < 1.29 is 15.0 Å². The van der Waals surface area contributed by atoms with Crippen molar-refractivity contribution in [3.8, 4) is 0 Å². The van der Waals surface area contributed by atoms with E-state index in [2.05, 4.69) is 6.92 Å². The van der Waals surface area contributed by atoms with Crippen molar-refractivity contribution in [1.82, 2.24) is 0 Å². The molecule has 72 valence electrons. The van der Waals surface area contributed by atoms with E-state index in [1.54, 1.807) is 0 Å². The Bertz CT molecular complexity index is 134. The fourth-order valence-electron chi connectivity index (χ4n) is 1.10. The van der Waals surface area contributed by atoms with Gasteiger partial charge in [-0.2, -0.15) is 0 Å². The normalized spacial score (nSPS) is 15.6. The van der Waals surface area contributed by atoms with E-state index in [0.717, 1.165) is 19.3 Å². The number of hydrogen-bond acceptors (Lipinski definition) is 2. The van der Waals surface area contributed by atoms with Crippen molar-refractivity contribution >= 4 is 5.97 Å². The Labute approximate surface area is 73.4 Å². The Morgan fingerprint density at radius 1 is 1.50 bits per heavy atom. The fourth-order valence-corrected chi connectivity index (χ4v) is 1.10. The number of aliphatic hydroxyl groups excluding tert-OH is 1. The lowest BCUT2D eigenvalue weighted by Crippen LogP contribution is -2.21. The van der Waals surface area contributed by atoms with Crippen molar-refractivity contribution in [2.45, 2.75) is 45.6 Å². The third-order valence-corrected chi connectivity index (χ3v) is 2.05. The number of rotatable bonds is 6. The number of carbonyl (C=O) groups is 1. The lowest BCUT2D eigenvalue weighted by Gasteiger charge is -2.16. The zero-order valence-corrected chi connectivity index (χ0v) is 7.79. The van der Waals surface area contributed by atoms with E-state index >= 15 is 0 Å². The standard InChI is InChI=1S/C9H18O3/c1-3-4-5-7(2)8(10)6-9(11)12/h7-8,10H,3-6H2,1-2H3,(H,11,12)/t7-,8-/m1/s1. The van der Waals surface area contributed by atoms with Gasteiger partial charge in [0.15, 0.2) is 0 Å². The van der Waals surface area contributed by atoms with Crippen LogP contribution in [-0.4, -0.2) is 22.3 Å². The Morgan fingerprint density at radius 3 is 2.50 bits per heavy atom. The van der Waals surface area contributed by atoms with Crippen LogP contribution in [0, 0.1) is 5.92 Å². The van der Waals surface area contributed by atoms with Gasteiger partial charge in [0.2, 0.25) is 0 Å². The van der Waals surface area contributed by atoms with Crippen LogP contribution in [0.15, 0.2) is 0 Å². The zero-order valence-electron chi connectivity index (χ0n) is 7.79. The summed E-state index contributed by atoms with van der Waals surface area (Å²) in [6, 6.07) is 0. The molecule has 0 aromatic heterocycles. The molecule has 0 rings (SSSR count). The molecule has 3 nitrogen and oxygen atoms in total. The largest absolute Gasteiger partial charge is 0.481 e. The summed E-state index contributed by atoms with van der Waals surface area (Å²) in [5.41, 5.74) is 0. The number of carboxylic acid groups (broad SMARTS) is 1. The maximum absolute atomic E-state index is 10.2. The summed E-state index contributed by atoms with van der Waals surface area (Å²) < 4.78 is 0. The van der Waals surface area contributed by atoms with Gasteiger partial charge in [0, 0.05) is 0 Å². The van der Waals surface area contributed by atoms with E-state index in [4.69, 9.17) is 5.11 Å². The Hall–Kier alpha value is -0.570. The van der Waals surface area contributed by atoms with Crippen LogP contribution in [-0.2, 0) is 4.79 Å². The Balaban J connectivity index is 3.60. The van der Waals surface area contributed by atoms with E-state index in [0.29, 0.717) is 0 Å². The van der Waals surface area contributed by atoms with E-state index in [1.165, 1.54) is 0 Å². The molecule has 0 saturated heterocycles.